The van der Waals surface area contributed by atoms with Crippen molar-refractivity contribution in [1.82, 2.24) is 9.88 Å². The first kappa shape index (κ1) is 27.2. The van der Waals surface area contributed by atoms with Crippen molar-refractivity contribution in [1.29, 1.82) is 0 Å². The molecule has 1 aliphatic carbocycles. The van der Waals surface area contributed by atoms with Gasteiger partial charge in [0.1, 0.15) is 18.1 Å². The number of aromatic nitrogens is 1. The molecule has 1 aliphatic rings. The SMILES string of the molecule is C#CC(O/N=C1/c2cc(OCC)c(OCC)cc2-c2[nH]c3ccc(OCCN(CC)CC)cc3c21)c1ccoc1. The van der Waals surface area contributed by atoms with Crippen LogP contribution in [0.1, 0.15) is 50.5 Å². The third kappa shape index (κ3) is 5.25. The van der Waals surface area contributed by atoms with Crippen LogP contribution in [0, 0.1) is 12.3 Å². The number of hydrogen-bond donors (Lipinski definition) is 1. The second-order valence-corrected chi connectivity index (χ2v) is 9.32. The number of furan rings is 1. The maximum absolute atomic E-state index is 6.15. The summed E-state index contributed by atoms with van der Waals surface area (Å²) in [5.41, 5.74) is 6.00. The Labute approximate surface area is 234 Å². The number of hydrogen-bond acceptors (Lipinski definition) is 7. The van der Waals surface area contributed by atoms with E-state index in [0.29, 0.717) is 37.0 Å². The van der Waals surface area contributed by atoms with E-state index >= 15 is 0 Å². The van der Waals surface area contributed by atoms with Crippen molar-refractivity contribution in [3.63, 3.8) is 0 Å². The number of aromatic amines is 1. The van der Waals surface area contributed by atoms with E-state index in [-0.39, 0.29) is 0 Å². The lowest BCUT2D eigenvalue weighted by molar-refractivity contribution is 0.0996. The quantitative estimate of drug-likeness (QED) is 0.137. The molecule has 1 N–H and O–H groups in total. The lowest BCUT2D eigenvalue weighted by Crippen LogP contribution is -2.27. The number of rotatable bonds is 13. The zero-order valence-corrected chi connectivity index (χ0v) is 23.5. The van der Waals surface area contributed by atoms with Gasteiger partial charge >= 0.3 is 0 Å². The van der Waals surface area contributed by atoms with Crippen LogP contribution in [0.15, 0.2) is 58.5 Å². The van der Waals surface area contributed by atoms with Crippen LogP contribution >= 0.6 is 0 Å². The minimum Gasteiger partial charge on any atom is -0.492 e. The molecule has 2 aromatic carbocycles. The number of oxime groups is 1. The van der Waals surface area contributed by atoms with Gasteiger partial charge in [0.05, 0.1) is 31.4 Å². The van der Waals surface area contributed by atoms with E-state index in [1.165, 1.54) is 0 Å². The van der Waals surface area contributed by atoms with Crippen LogP contribution < -0.4 is 14.2 Å². The molecule has 8 nitrogen and oxygen atoms in total. The van der Waals surface area contributed by atoms with Crippen molar-refractivity contribution in [2.75, 3.05) is 39.5 Å². The van der Waals surface area contributed by atoms with Gasteiger partial charge in [0, 0.05) is 39.7 Å². The van der Waals surface area contributed by atoms with Crippen molar-refractivity contribution in [3.8, 4) is 40.8 Å². The topological polar surface area (TPSA) is 81.4 Å². The van der Waals surface area contributed by atoms with E-state index in [4.69, 9.17) is 29.9 Å². The molecule has 2 aromatic heterocycles. The Balaban J connectivity index is 1.58. The molecule has 0 amide bonds. The summed E-state index contributed by atoms with van der Waals surface area (Å²) in [7, 11) is 0. The predicted molar refractivity (Wildman–Crippen MR) is 156 cm³/mol. The first-order valence-corrected chi connectivity index (χ1v) is 13.8. The van der Waals surface area contributed by atoms with E-state index < -0.39 is 6.10 Å². The van der Waals surface area contributed by atoms with Crippen molar-refractivity contribution < 1.29 is 23.5 Å². The third-order valence-electron chi connectivity index (χ3n) is 7.03. The minimum absolute atomic E-state index is 0.504. The van der Waals surface area contributed by atoms with Crippen molar-refractivity contribution in [3.05, 3.63) is 65.6 Å². The summed E-state index contributed by atoms with van der Waals surface area (Å²) in [5.74, 6) is 4.77. The van der Waals surface area contributed by atoms with Gasteiger partial charge in [-0.15, -0.1) is 6.42 Å². The molecule has 0 aliphatic heterocycles. The first-order valence-electron chi connectivity index (χ1n) is 13.8. The summed E-state index contributed by atoms with van der Waals surface area (Å²) < 4.78 is 23.2. The molecule has 0 fully saturated rings. The summed E-state index contributed by atoms with van der Waals surface area (Å²) in [6.45, 7) is 12.7. The smallest absolute Gasteiger partial charge is 0.215 e. The highest BCUT2D eigenvalue weighted by Crippen LogP contribution is 2.46. The molecule has 40 heavy (non-hydrogen) atoms. The molecule has 2 heterocycles. The Hall–Kier alpha value is -4.35. The summed E-state index contributed by atoms with van der Waals surface area (Å²) in [6.07, 6.45) is 8.21. The Morgan fingerprint density at radius 3 is 2.38 bits per heavy atom. The summed E-state index contributed by atoms with van der Waals surface area (Å²) in [5, 5.41) is 5.62. The zero-order valence-electron chi connectivity index (χ0n) is 23.5. The molecular weight excluding hydrogens is 506 g/mol. The largest absolute Gasteiger partial charge is 0.492 e. The van der Waals surface area contributed by atoms with Crippen LogP contribution in [0.4, 0.5) is 0 Å². The molecule has 5 rings (SSSR count). The summed E-state index contributed by atoms with van der Waals surface area (Å²) in [6, 6.07) is 11.8. The highest BCUT2D eigenvalue weighted by molar-refractivity contribution is 6.30. The fourth-order valence-electron chi connectivity index (χ4n) is 4.99. The van der Waals surface area contributed by atoms with E-state index in [1.54, 1.807) is 18.6 Å². The van der Waals surface area contributed by atoms with E-state index in [0.717, 1.165) is 64.2 Å². The van der Waals surface area contributed by atoms with Gasteiger partial charge in [-0.2, -0.15) is 0 Å². The molecule has 0 saturated carbocycles. The standard InChI is InChI=1S/C32H35N3O5/c1-6-27(21-13-15-36-20-21)40-34-32-24-19-29(38-10-5)28(37-9-4)18-23(24)31-30(32)25-17-22(11-12-26(25)33-31)39-16-14-35(7-2)8-3/h1,11-13,15,17-20,27,33H,7-10,14,16H2,2-5H3/b34-32-. The maximum Gasteiger partial charge on any atom is 0.215 e. The second kappa shape index (κ2) is 12.2. The fraction of sp³-hybridized carbons (Fsp3) is 0.344. The molecule has 0 saturated heterocycles. The zero-order chi connectivity index (χ0) is 28.1. The van der Waals surface area contributed by atoms with Crippen molar-refractivity contribution in [2.45, 2.75) is 33.8 Å². The highest BCUT2D eigenvalue weighted by Gasteiger charge is 2.32. The number of nitrogens with zero attached hydrogens (tertiary/aromatic N) is 2. The molecule has 1 atom stereocenters. The van der Waals surface area contributed by atoms with Crippen molar-refractivity contribution in [2.24, 2.45) is 5.16 Å². The molecule has 1 unspecified atom stereocenters. The van der Waals surface area contributed by atoms with Crippen LogP contribution in [0.5, 0.6) is 17.2 Å². The monoisotopic (exact) mass is 541 g/mol. The van der Waals surface area contributed by atoms with E-state index in [9.17, 15) is 0 Å². The van der Waals surface area contributed by atoms with E-state index in [1.807, 2.05) is 38.1 Å². The summed E-state index contributed by atoms with van der Waals surface area (Å²) in [4.78, 5) is 11.9. The predicted octanol–water partition coefficient (Wildman–Crippen LogP) is 6.40. The second-order valence-electron chi connectivity index (χ2n) is 9.32. The first-order chi connectivity index (χ1) is 19.6. The van der Waals surface area contributed by atoms with Gasteiger partial charge in [0.25, 0.3) is 0 Å². The molecule has 4 aromatic rings. The number of fused-ring (bicyclic) bond motifs is 5. The molecule has 8 heteroatoms. The fourth-order valence-corrected chi connectivity index (χ4v) is 4.99. The van der Waals surface area contributed by atoms with Gasteiger partial charge in [-0.05, 0) is 63.3 Å². The Kier molecular flexibility index (Phi) is 8.32. The van der Waals surface area contributed by atoms with Gasteiger partial charge in [0.15, 0.2) is 11.5 Å². The van der Waals surface area contributed by atoms with Crippen LogP contribution in [-0.4, -0.2) is 55.1 Å². The lowest BCUT2D eigenvalue weighted by atomic mass is 10.1. The van der Waals surface area contributed by atoms with Crippen LogP contribution in [0.2, 0.25) is 0 Å². The number of ether oxygens (including phenoxy) is 3. The molecule has 0 spiro atoms. The van der Waals surface area contributed by atoms with Gasteiger partial charge in [0.2, 0.25) is 6.10 Å². The number of terminal acetylenes is 1. The number of benzene rings is 2. The number of likely N-dealkylation sites (N-methyl/N-ethyl adjacent to an activating group) is 1. The van der Waals surface area contributed by atoms with Gasteiger partial charge < -0.3 is 33.3 Å². The lowest BCUT2D eigenvalue weighted by Gasteiger charge is -2.18. The van der Waals surface area contributed by atoms with Crippen molar-refractivity contribution >= 4 is 16.6 Å². The van der Waals surface area contributed by atoms with Gasteiger partial charge in [-0.1, -0.05) is 24.9 Å². The Morgan fingerprint density at radius 1 is 0.975 bits per heavy atom. The average molecular weight is 542 g/mol. The minimum atomic E-state index is -0.697. The maximum atomic E-state index is 6.15. The van der Waals surface area contributed by atoms with Crippen LogP contribution in [-0.2, 0) is 4.84 Å². The third-order valence-corrected chi connectivity index (χ3v) is 7.03. The normalized spacial score (nSPS) is 13.8. The molecule has 208 valence electrons. The molecule has 0 radical (unpaired) electrons. The van der Waals surface area contributed by atoms with Gasteiger partial charge in [-0.25, -0.2) is 0 Å². The highest BCUT2D eigenvalue weighted by atomic mass is 16.6. The van der Waals surface area contributed by atoms with Crippen LogP contribution in [0.25, 0.3) is 22.2 Å². The average Bonchev–Trinajstić information content (AvgIpc) is 3.69. The summed E-state index contributed by atoms with van der Waals surface area (Å²) >= 11 is 0. The Morgan fingerprint density at radius 2 is 1.73 bits per heavy atom. The molecular formula is C32H35N3O5. The van der Waals surface area contributed by atoms with Gasteiger partial charge in [-0.3, -0.25) is 0 Å². The molecule has 0 bridgehead atoms. The number of H-pyrrole nitrogens is 1. The number of nitrogens with one attached hydrogen (secondary N) is 1. The van der Waals surface area contributed by atoms with Crippen LogP contribution in [0.3, 0.4) is 0 Å². The van der Waals surface area contributed by atoms with E-state index in [2.05, 4.69) is 40.9 Å². The Bertz CT molecular complexity index is 1530.